The van der Waals surface area contributed by atoms with Crippen LogP contribution in [-0.4, -0.2) is 77.8 Å². The minimum Gasteiger partial charge on any atom is -0.468 e. The third-order valence-corrected chi connectivity index (χ3v) is 6.96. The molecular weight excluding hydrogens is 502 g/mol. The molecule has 2 N–H and O–H groups in total. The van der Waals surface area contributed by atoms with Gasteiger partial charge in [0.25, 0.3) is 6.01 Å². The number of fused-ring (bicyclic) bond motifs is 1. The summed E-state index contributed by atoms with van der Waals surface area (Å²) >= 11 is 0. The predicted molar refractivity (Wildman–Crippen MR) is 147 cm³/mol. The first-order chi connectivity index (χ1) is 18.9. The van der Waals surface area contributed by atoms with Crippen molar-refractivity contribution in [1.82, 2.24) is 24.4 Å². The molecule has 2 aromatic heterocycles. The molecule has 1 aliphatic heterocycles. The lowest BCUT2D eigenvalue weighted by atomic mass is 9.97. The Morgan fingerprint density at radius 3 is 2.79 bits per heavy atom. The van der Waals surface area contributed by atoms with Crippen LogP contribution in [-0.2, 0) is 22.6 Å². The zero-order chi connectivity index (χ0) is 27.9. The first-order valence-corrected chi connectivity index (χ1v) is 13.2. The molecule has 39 heavy (non-hydrogen) atoms. The van der Waals surface area contributed by atoms with Gasteiger partial charge in [0.05, 0.1) is 26.4 Å². The summed E-state index contributed by atoms with van der Waals surface area (Å²) in [5, 5.41) is 0. The smallest absolute Gasteiger partial charge is 0.337 e. The van der Waals surface area contributed by atoms with Crippen LogP contribution in [0.25, 0.3) is 11.2 Å². The van der Waals surface area contributed by atoms with Crippen molar-refractivity contribution in [3.05, 3.63) is 29.3 Å². The fourth-order valence-corrected chi connectivity index (χ4v) is 4.94. The Labute approximate surface area is 228 Å². The lowest BCUT2D eigenvalue weighted by molar-refractivity contribution is -0.107. The number of hydrogen-bond acceptors (Lipinski definition) is 10. The standard InChI is InChI=1S/C27H37N7O5/c1-5-6-12-39-26-30-23(28)22-24(31-26)34(27(29-22)38-4)15-18-8-7-11-33(14-18)16-20-10-9-19(25(36)37-3)13-21(20)32(2)17-35/h9-10,13,17-18H,5-8,11-12,14-16H2,1-4H3,(H2,28,30,31). The number of esters is 1. The molecule has 1 unspecified atom stereocenters. The number of nitrogens with zero attached hydrogens (tertiary/aromatic N) is 6. The van der Waals surface area contributed by atoms with E-state index in [-0.39, 0.29) is 11.8 Å². The Hall–Kier alpha value is -3.93. The van der Waals surface area contributed by atoms with Crippen molar-refractivity contribution in [3.8, 4) is 12.0 Å². The molecule has 0 saturated carbocycles. The second kappa shape index (κ2) is 12.7. The van der Waals surface area contributed by atoms with Gasteiger partial charge in [0, 0.05) is 32.4 Å². The summed E-state index contributed by atoms with van der Waals surface area (Å²) in [5.74, 6) is 0.119. The van der Waals surface area contributed by atoms with Crippen LogP contribution in [0.5, 0.6) is 12.0 Å². The molecule has 0 radical (unpaired) electrons. The molecule has 1 aromatic carbocycles. The Bertz CT molecular complexity index is 1310. The van der Waals surface area contributed by atoms with E-state index < -0.39 is 5.97 Å². The predicted octanol–water partition coefficient (Wildman–Crippen LogP) is 2.89. The van der Waals surface area contributed by atoms with Crippen molar-refractivity contribution in [1.29, 1.82) is 0 Å². The van der Waals surface area contributed by atoms with E-state index in [0.29, 0.717) is 54.0 Å². The molecule has 1 saturated heterocycles. The van der Waals surface area contributed by atoms with Crippen molar-refractivity contribution in [2.75, 3.05) is 51.6 Å². The lowest BCUT2D eigenvalue weighted by Crippen LogP contribution is -2.37. The zero-order valence-corrected chi connectivity index (χ0v) is 23.1. The summed E-state index contributed by atoms with van der Waals surface area (Å²) in [6.07, 6.45) is 4.69. The van der Waals surface area contributed by atoms with E-state index >= 15 is 0 Å². The molecule has 1 atom stereocenters. The number of carbonyl (C=O) groups excluding carboxylic acids is 2. The number of ether oxygens (including phenoxy) is 3. The first-order valence-electron chi connectivity index (χ1n) is 13.2. The molecular formula is C27H37N7O5. The number of nitrogen functional groups attached to an aromatic ring is 1. The Kier molecular flexibility index (Phi) is 9.18. The summed E-state index contributed by atoms with van der Waals surface area (Å²) in [7, 11) is 4.60. The van der Waals surface area contributed by atoms with Crippen LogP contribution in [0.3, 0.4) is 0 Å². The van der Waals surface area contributed by atoms with Gasteiger partial charge in [-0.2, -0.15) is 15.0 Å². The van der Waals surface area contributed by atoms with E-state index in [2.05, 4.69) is 26.8 Å². The average Bonchev–Trinajstić information content (AvgIpc) is 3.30. The summed E-state index contributed by atoms with van der Waals surface area (Å²) in [4.78, 5) is 40.9. The fraction of sp³-hybridized carbons (Fsp3) is 0.519. The number of piperidine rings is 1. The van der Waals surface area contributed by atoms with Gasteiger partial charge in [-0.25, -0.2) is 4.79 Å². The fourth-order valence-electron chi connectivity index (χ4n) is 4.94. The van der Waals surface area contributed by atoms with Crippen molar-refractivity contribution < 1.29 is 23.8 Å². The molecule has 3 heterocycles. The number of carbonyl (C=O) groups is 2. The van der Waals surface area contributed by atoms with Gasteiger partial charge >= 0.3 is 12.0 Å². The first kappa shape index (κ1) is 28.1. The molecule has 0 aliphatic carbocycles. The number of nitrogens with two attached hydrogens (primary N) is 1. The van der Waals surface area contributed by atoms with Gasteiger partial charge < -0.3 is 24.8 Å². The number of rotatable bonds is 12. The van der Waals surface area contributed by atoms with Gasteiger partial charge in [0.15, 0.2) is 17.0 Å². The third-order valence-electron chi connectivity index (χ3n) is 6.96. The topological polar surface area (TPSA) is 138 Å². The van der Waals surface area contributed by atoms with Crippen LogP contribution >= 0.6 is 0 Å². The highest BCUT2D eigenvalue weighted by atomic mass is 16.5. The second-order valence-corrected chi connectivity index (χ2v) is 9.77. The minimum atomic E-state index is -0.440. The molecule has 0 spiro atoms. The highest BCUT2D eigenvalue weighted by Gasteiger charge is 2.26. The van der Waals surface area contributed by atoms with E-state index in [9.17, 15) is 9.59 Å². The summed E-state index contributed by atoms with van der Waals surface area (Å²) < 4.78 is 18.1. The molecule has 1 amide bonds. The van der Waals surface area contributed by atoms with Crippen LogP contribution in [0.1, 0.15) is 48.5 Å². The lowest BCUT2D eigenvalue weighted by Gasteiger charge is -2.34. The van der Waals surface area contributed by atoms with Crippen LogP contribution in [0, 0.1) is 5.92 Å². The quantitative estimate of drug-likeness (QED) is 0.208. The summed E-state index contributed by atoms with van der Waals surface area (Å²) in [6, 6.07) is 5.99. The maximum Gasteiger partial charge on any atom is 0.337 e. The SMILES string of the molecule is CCCCOc1nc(N)c2nc(OC)n(CC3CCCN(Cc4ccc(C(=O)OC)cc4N(C)C=O)C3)c2n1. The Morgan fingerprint density at radius 2 is 2.08 bits per heavy atom. The van der Waals surface area contributed by atoms with Gasteiger partial charge in [0.1, 0.15) is 0 Å². The molecule has 12 nitrogen and oxygen atoms in total. The molecule has 1 fully saturated rings. The highest BCUT2D eigenvalue weighted by molar-refractivity contribution is 5.92. The van der Waals surface area contributed by atoms with Crippen LogP contribution in [0.2, 0.25) is 0 Å². The van der Waals surface area contributed by atoms with E-state index in [1.165, 1.54) is 12.0 Å². The number of amides is 1. The zero-order valence-electron chi connectivity index (χ0n) is 23.1. The van der Waals surface area contributed by atoms with Gasteiger partial charge in [-0.15, -0.1) is 0 Å². The molecule has 4 rings (SSSR count). The largest absolute Gasteiger partial charge is 0.468 e. The van der Waals surface area contributed by atoms with Crippen molar-refractivity contribution >= 4 is 35.0 Å². The number of aromatic nitrogens is 4. The monoisotopic (exact) mass is 539 g/mol. The number of imidazole rings is 1. The van der Waals surface area contributed by atoms with Crippen LogP contribution in [0.15, 0.2) is 18.2 Å². The normalized spacial score (nSPS) is 15.7. The second-order valence-electron chi connectivity index (χ2n) is 9.77. The minimum absolute atomic E-state index is 0.241. The van der Waals surface area contributed by atoms with E-state index in [0.717, 1.165) is 50.7 Å². The van der Waals surface area contributed by atoms with Crippen molar-refractivity contribution in [2.24, 2.45) is 5.92 Å². The Morgan fingerprint density at radius 1 is 1.26 bits per heavy atom. The van der Waals surface area contributed by atoms with Crippen LogP contribution < -0.4 is 20.1 Å². The summed E-state index contributed by atoms with van der Waals surface area (Å²) in [5.41, 5.74) is 9.33. The number of anilines is 2. The van der Waals surface area contributed by atoms with Crippen LogP contribution in [0.4, 0.5) is 11.5 Å². The van der Waals surface area contributed by atoms with Gasteiger partial charge in [-0.3, -0.25) is 14.3 Å². The number of methoxy groups -OCH3 is 2. The molecule has 210 valence electrons. The maximum absolute atomic E-state index is 12.0. The molecule has 3 aromatic rings. The number of likely N-dealkylation sites (tertiary alicyclic amines) is 1. The van der Waals surface area contributed by atoms with Gasteiger partial charge in [0.2, 0.25) is 6.41 Å². The van der Waals surface area contributed by atoms with E-state index in [1.807, 2.05) is 10.6 Å². The molecule has 0 bridgehead atoms. The number of hydrogen-bond donors (Lipinski definition) is 1. The van der Waals surface area contributed by atoms with Gasteiger partial charge in [-0.05, 0) is 49.4 Å². The average molecular weight is 540 g/mol. The summed E-state index contributed by atoms with van der Waals surface area (Å²) in [6.45, 7) is 5.64. The van der Waals surface area contributed by atoms with Crippen molar-refractivity contribution in [2.45, 2.75) is 45.7 Å². The van der Waals surface area contributed by atoms with Gasteiger partial charge in [-0.1, -0.05) is 19.4 Å². The van der Waals surface area contributed by atoms with E-state index in [4.69, 9.17) is 19.9 Å². The Balaban J connectivity index is 1.54. The maximum atomic E-state index is 12.0. The molecule has 1 aliphatic rings. The van der Waals surface area contributed by atoms with E-state index in [1.54, 1.807) is 26.3 Å². The number of unbranched alkanes of at least 4 members (excludes halogenated alkanes) is 1. The third kappa shape index (κ3) is 6.39. The number of benzene rings is 1. The van der Waals surface area contributed by atoms with Crippen molar-refractivity contribution in [3.63, 3.8) is 0 Å². The highest BCUT2D eigenvalue weighted by Crippen LogP contribution is 2.30. The molecule has 12 heteroatoms.